The largest absolute Gasteiger partial charge is 0.398 e. The molecule has 0 heterocycles. The summed E-state index contributed by atoms with van der Waals surface area (Å²) in [7, 11) is 0. The molecule has 0 atom stereocenters. The Hall–Kier alpha value is -1.05. The molecule has 3 N–H and O–H groups in total. The van der Waals surface area contributed by atoms with Crippen LogP contribution < -0.4 is 5.73 Å². The standard InChI is InChI=1S/C6H8N2/c7-4-5-2-1-3-6(5)8/h2-4,7H,1,8H2. The van der Waals surface area contributed by atoms with Gasteiger partial charge in [0.05, 0.1) is 0 Å². The van der Waals surface area contributed by atoms with Crippen molar-refractivity contribution < 1.29 is 0 Å². The van der Waals surface area contributed by atoms with Crippen LogP contribution in [0.1, 0.15) is 6.42 Å². The van der Waals surface area contributed by atoms with E-state index in [0.717, 1.165) is 17.7 Å². The van der Waals surface area contributed by atoms with Crippen LogP contribution in [0.25, 0.3) is 0 Å². The van der Waals surface area contributed by atoms with E-state index in [-0.39, 0.29) is 0 Å². The van der Waals surface area contributed by atoms with Gasteiger partial charge < -0.3 is 11.1 Å². The predicted octanol–water partition coefficient (Wildman–Crippen LogP) is 0.809. The zero-order valence-corrected chi connectivity index (χ0v) is 4.52. The highest BCUT2D eigenvalue weighted by Gasteiger charge is 2.00. The van der Waals surface area contributed by atoms with Crippen molar-refractivity contribution >= 4 is 6.21 Å². The monoisotopic (exact) mass is 108 g/mol. The van der Waals surface area contributed by atoms with Gasteiger partial charge in [0.2, 0.25) is 0 Å². The molecule has 0 aromatic carbocycles. The van der Waals surface area contributed by atoms with Crippen molar-refractivity contribution in [3.63, 3.8) is 0 Å². The van der Waals surface area contributed by atoms with Gasteiger partial charge in [0, 0.05) is 17.5 Å². The van der Waals surface area contributed by atoms with Crippen LogP contribution in [-0.4, -0.2) is 6.21 Å². The Labute approximate surface area is 48.2 Å². The molecule has 0 bridgehead atoms. The quantitative estimate of drug-likeness (QED) is 0.480. The lowest BCUT2D eigenvalue weighted by Crippen LogP contribution is -1.97. The van der Waals surface area contributed by atoms with Gasteiger partial charge in [-0.2, -0.15) is 0 Å². The van der Waals surface area contributed by atoms with E-state index in [1.54, 1.807) is 0 Å². The van der Waals surface area contributed by atoms with Gasteiger partial charge in [-0.3, -0.25) is 0 Å². The van der Waals surface area contributed by atoms with Crippen molar-refractivity contribution in [1.82, 2.24) is 0 Å². The lowest BCUT2D eigenvalue weighted by atomic mass is 10.3. The molecule has 0 saturated carbocycles. The van der Waals surface area contributed by atoms with E-state index in [4.69, 9.17) is 11.1 Å². The number of allylic oxidation sites excluding steroid dienone is 3. The van der Waals surface area contributed by atoms with E-state index in [9.17, 15) is 0 Å². The molecule has 0 aliphatic heterocycles. The molecule has 2 heteroatoms. The second-order valence-corrected chi connectivity index (χ2v) is 1.70. The molecule has 42 valence electrons. The number of nitrogens with two attached hydrogens (primary N) is 1. The first kappa shape index (κ1) is 5.09. The average Bonchev–Trinajstić information content (AvgIpc) is 2.14. The van der Waals surface area contributed by atoms with E-state index >= 15 is 0 Å². The van der Waals surface area contributed by atoms with Gasteiger partial charge in [0.25, 0.3) is 0 Å². The molecule has 0 amide bonds. The molecule has 0 aromatic rings. The minimum Gasteiger partial charge on any atom is -0.398 e. The van der Waals surface area contributed by atoms with E-state index in [0.29, 0.717) is 0 Å². The maximum Gasteiger partial charge on any atom is 0.0362 e. The van der Waals surface area contributed by atoms with Crippen molar-refractivity contribution in [2.75, 3.05) is 0 Å². The molecule has 0 unspecified atom stereocenters. The molecular weight excluding hydrogens is 100 g/mol. The minimum atomic E-state index is 0.736. The van der Waals surface area contributed by atoms with Crippen LogP contribution in [0.3, 0.4) is 0 Å². The zero-order valence-electron chi connectivity index (χ0n) is 4.52. The molecule has 0 saturated heterocycles. The second-order valence-electron chi connectivity index (χ2n) is 1.70. The van der Waals surface area contributed by atoms with E-state index in [1.165, 1.54) is 6.21 Å². The first-order valence-corrected chi connectivity index (χ1v) is 2.51. The first-order chi connectivity index (χ1) is 3.84. The van der Waals surface area contributed by atoms with Crippen LogP contribution in [0.5, 0.6) is 0 Å². The second kappa shape index (κ2) is 1.82. The summed E-state index contributed by atoms with van der Waals surface area (Å²) in [6, 6.07) is 0. The molecule has 1 aliphatic carbocycles. The van der Waals surface area contributed by atoms with Crippen LogP contribution in [-0.2, 0) is 0 Å². The molecule has 0 fully saturated rings. The van der Waals surface area contributed by atoms with Crippen LogP contribution in [0, 0.1) is 5.41 Å². The van der Waals surface area contributed by atoms with Crippen molar-refractivity contribution in [2.24, 2.45) is 5.73 Å². The summed E-state index contributed by atoms with van der Waals surface area (Å²) in [6.45, 7) is 0. The lowest BCUT2D eigenvalue weighted by molar-refractivity contribution is 1.38. The maximum absolute atomic E-state index is 6.82. The summed E-state index contributed by atoms with van der Waals surface area (Å²) in [6.07, 6.45) is 6.00. The van der Waals surface area contributed by atoms with Crippen molar-refractivity contribution in [1.29, 1.82) is 5.41 Å². The predicted molar refractivity (Wildman–Crippen MR) is 33.8 cm³/mol. The highest BCUT2D eigenvalue weighted by atomic mass is 14.6. The van der Waals surface area contributed by atoms with Gasteiger partial charge in [-0.25, -0.2) is 0 Å². The third kappa shape index (κ3) is 0.644. The summed E-state index contributed by atoms with van der Waals surface area (Å²) in [5, 5.41) is 6.82. The summed E-state index contributed by atoms with van der Waals surface area (Å²) in [4.78, 5) is 0. The summed E-state index contributed by atoms with van der Waals surface area (Å²) >= 11 is 0. The molecule has 0 radical (unpaired) electrons. The summed E-state index contributed by atoms with van der Waals surface area (Å²) in [5.74, 6) is 0. The Morgan fingerprint density at radius 1 is 1.62 bits per heavy atom. The van der Waals surface area contributed by atoms with Crippen LogP contribution in [0.4, 0.5) is 0 Å². The Kier molecular flexibility index (Phi) is 1.16. The van der Waals surface area contributed by atoms with Crippen LogP contribution in [0.15, 0.2) is 23.4 Å². The van der Waals surface area contributed by atoms with Gasteiger partial charge >= 0.3 is 0 Å². The number of nitrogens with one attached hydrogen (secondary N) is 1. The molecule has 1 rings (SSSR count). The molecule has 0 aromatic heterocycles. The smallest absolute Gasteiger partial charge is 0.0362 e. The lowest BCUT2D eigenvalue weighted by Gasteiger charge is -1.89. The minimum absolute atomic E-state index is 0.736. The Bertz CT molecular complexity index is 165. The highest BCUT2D eigenvalue weighted by molar-refractivity contribution is 5.82. The summed E-state index contributed by atoms with van der Waals surface area (Å²) < 4.78 is 0. The fourth-order valence-electron chi connectivity index (χ4n) is 0.691. The summed E-state index contributed by atoms with van der Waals surface area (Å²) in [5.41, 5.74) is 7.02. The number of hydrogen-bond acceptors (Lipinski definition) is 2. The van der Waals surface area contributed by atoms with Gasteiger partial charge in [0.1, 0.15) is 0 Å². The van der Waals surface area contributed by atoms with Crippen molar-refractivity contribution in [2.45, 2.75) is 6.42 Å². The third-order valence-electron chi connectivity index (χ3n) is 1.16. The molecular formula is C6H8N2. The normalized spacial score (nSPS) is 17.5. The van der Waals surface area contributed by atoms with E-state index in [2.05, 4.69) is 0 Å². The maximum atomic E-state index is 6.82. The molecule has 1 aliphatic rings. The number of rotatable bonds is 1. The van der Waals surface area contributed by atoms with Crippen molar-refractivity contribution in [3.8, 4) is 0 Å². The topological polar surface area (TPSA) is 49.9 Å². The number of hydrogen-bond donors (Lipinski definition) is 2. The Morgan fingerprint density at radius 3 is 2.62 bits per heavy atom. The fourth-order valence-corrected chi connectivity index (χ4v) is 0.691. The van der Waals surface area contributed by atoms with Crippen LogP contribution >= 0.6 is 0 Å². The highest BCUT2D eigenvalue weighted by Crippen LogP contribution is 2.10. The van der Waals surface area contributed by atoms with Crippen LogP contribution in [0.2, 0.25) is 0 Å². The SMILES string of the molecule is N=CC1=CCC=C1N. The molecule has 2 nitrogen and oxygen atoms in total. The fraction of sp³-hybridized carbons (Fsp3) is 0.167. The van der Waals surface area contributed by atoms with E-state index < -0.39 is 0 Å². The Balaban J connectivity index is 2.81. The van der Waals surface area contributed by atoms with E-state index in [1.807, 2.05) is 12.2 Å². The first-order valence-electron chi connectivity index (χ1n) is 2.51. The van der Waals surface area contributed by atoms with Gasteiger partial charge in [-0.1, -0.05) is 12.2 Å². The molecule has 0 spiro atoms. The Morgan fingerprint density at radius 2 is 2.38 bits per heavy atom. The van der Waals surface area contributed by atoms with Gasteiger partial charge in [-0.05, 0) is 6.42 Å². The average molecular weight is 108 g/mol. The van der Waals surface area contributed by atoms with Crippen molar-refractivity contribution in [3.05, 3.63) is 23.4 Å². The van der Waals surface area contributed by atoms with Gasteiger partial charge in [0.15, 0.2) is 0 Å². The zero-order chi connectivity index (χ0) is 5.98. The molecule has 8 heavy (non-hydrogen) atoms. The third-order valence-corrected chi connectivity index (χ3v) is 1.16. The van der Waals surface area contributed by atoms with Gasteiger partial charge in [-0.15, -0.1) is 0 Å².